The molecule has 0 radical (unpaired) electrons. The fourth-order valence-corrected chi connectivity index (χ4v) is 2.28. The van der Waals surface area contributed by atoms with Crippen LogP contribution in [-0.4, -0.2) is 5.78 Å². The maximum absolute atomic E-state index is 13.2. The molecule has 0 fully saturated rings. The Morgan fingerprint density at radius 1 is 1.05 bits per heavy atom. The zero-order chi connectivity index (χ0) is 14.7. The molecule has 0 saturated heterocycles. The monoisotopic (exact) mass is 290 g/mol. The molecule has 20 heavy (non-hydrogen) atoms. The third-order valence-electron chi connectivity index (χ3n) is 3.37. The number of hydrogen-bond acceptors (Lipinski definition) is 1. The number of rotatable bonds is 4. The summed E-state index contributed by atoms with van der Waals surface area (Å²) in [5.74, 6) is -0.343. The van der Waals surface area contributed by atoms with Crippen LogP contribution in [-0.2, 0) is 17.6 Å². The van der Waals surface area contributed by atoms with Crippen LogP contribution in [0.2, 0.25) is 5.02 Å². The van der Waals surface area contributed by atoms with E-state index in [-0.39, 0.29) is 18.0 Å². The Kier molecular flexibility index (Phi) is 4.56. The number of benzene rings is 2. The number of Topliss-reactive ketones (excluding diaryl/α,β-unsaturated/α-hetero) is 1. The first-order valence-electron chi connectivity index (χ1n) is 6.47. The van der Waals surface area contributed by atoms with E-state index in [0.29, 0.717) is 17.0 Å². The van der Waals surface area contributed by atoms with E-state index in [2.05, 4.69) is 0 Å². The molecule has 0 atom stereocenters. The molecule has 2 rings (SSSR count). The lowest BCUT2D eigenvalue weighted by atomic mass is 9.99. The molecule has 0 spiro atoms. The van der Waals surface area contributed by atoms with Gasteiger partial charge in [-0.05, 0) is 54.3 Å². The van der Waals surface area contributed by atoms with Crippen molar-refractivity contribution >= 4 is 17.4 Å². The predicted molar refractivity (Wildman–Crippen MR) is 79.7 cm³/mol. The topological polar surface area (TPSA) is 17.1 Å². The molecule has 0 aliphatic rings. The first-order valence-corrected chi connectivity index (χ1v) is 6.85. The average molecular weight is 291 g/mol. The summed E-state index contributed by atoms with van der Waals surface area (Å²) < 4.78 is 13.2. The summed E-state index contributed by atoms with van der Waals surface area (Å²) in [4.78, 5) is 12.1. The second-order valence-corrected chi connectivity index (χ2v) is 5.45. The Hall–Kier alpha value is -1.67. The fraction of sp³-hybridized carbons (Fsp3) is 0.235. The molecule has 2 aromatic rings. The number of hydrogen-bond donors (Lipinski definition) is 0. The van der Waals surface area contributed by atoms with Crippen LogP contribution in [0.4, 0.5) is 4.39 Å². The van der Waals surface area contributed by atoms with Gasteiger partial charge in [0.1, 0.15) is 11.6 Å². The van der Waals surface area contributed by atoms with Crippen molar-refractivity contribution in [1.82, 2.24) is 0 Å². The fourth-order valence-electron chi connectivity index (χ4n) is 2.09. The van der Waals surface area contributed by atoms with Gasteiger partial charge in [-0.3, -0.25) is 4.79 Å². The lowest BCUT2D eigenvalue weighted by Gasteiger charge is -2.06. The molecule has 104 valence electrons. The van der Waals surface area contributed by atoms with Crippen LogP contribution >= 0.6 is 11.6 Å². The second kappa shape index (κ2) is 6.19. The van der Waals surface area contributed by atoms with Gasteiger partial charge >= 0.3 is 0 Å². The molecule has 0 bridgehead atoms. The highest BCUT2D eigenvalue weighted by Crippen LogP contribution is 2.19. The summed E-state index contributed by atoms with van der Waals surface area (Å²) in [6.07, 6.45) is 0.497. The lowest BCUT2D eigenvalue weighted by molar-refractivity contribution is -0.117. The second-order valence-electron chi connectivity index (χ2n) is 5.05. The van der Waals surface area contributed by atoms with Gasteiger partial charge in [0, 0.05) is 17.9 Å². The molecule has 0 aliphatic heterocycles. The van der Waals surface area contributed by atoms with Gasteiger partial charge in [-0.2, -0.15) is 0 Å². The lowest BCUT2D eigenvalue weighted by Crippen LogP contribution is -2.07. The minimum absolute atomic E-state index is 0.0285. The number of aryl methyl sites for hydroxylation is 2. The molecule has 0 saturated carbocycles. The van der Waals surface area contributed by atoms with Gasteiger partial charge in [-0.1, -0.05) is 29.8 Å². The van der Waals surface area contributed by atoms with Gasteiger partial charge in [-0.25, -0.2) is 4.39 Å². The van der Waals surface area contributed by atoms with Crippen molar-refractivity contribution in [3.8, 4) is 0 Å². The van der Waals surface area contributed by atoms with Gasteiger partial charge in [0.05, 0.1) is 0 Å². The normalized spacial score (nSPS) is 10.6. The number of carbonyl (C=O) groups is 1. The summed E-state index contributed by atoms with van der Waals surface area (Å²) in [6, 6.07) is 10.1. The Labute approximate surface area is 123 Å². The molecule has 0 heterocycles. The van der Waals surface area contributed by atoms with E-state index < -0.39 is 0 Å². The summed E-state index contributed by atoms with van der Waals surface area (Å²) in [7, 11) is 0. The van der Waals surface area contributed by atoms with Crippen molar-refractivity contribution in [1.29, 1.82) is 0 Å². The maximum Gasteiger partial charge on any atom is 0.141 e. The van der Waals surface area contributed by atoms with Crippen molar-refractivity contribution in [3.63, 3.8) is 0 Å². The van der Waals surface area contributed by atoms with Crippen LogP contribution in [0.3, 0.4) is 0 Å². The molecular weight excluding hydrogens is 275 g/mol. The van der Waals surface area contributed by atoms with E-state index in [1.54, 1.807) is 0 Å². The average Bonchev–Trinajstić information content (AvgIpc) is 2.38. The summed E-state index contributed by atoms with van der Waals surface area (Å²) >= 11 is 5.97. The molecule has 0 N–H and O–H groups in total. The van der Waals surface area contributed by atoms with Gasteiger partial charge in [0.25, 0.3) is 0 Å². The summed E-state index contributed by atoms with van der Waals surface area (Å²) in [6.45, 7) is 4.06. The molecule has 1 nitrogen and oxygen atoms in total. The minimum Gasteiger partial charge on any atom is -0.299 e. The van der Waals surface area contributed by atoms with Gasteiger partial charge in [0.2, 0.25) is 0 Å². The predicted octanol–water partition coefficient (Wildman–Crippen LogP) is 4.45. The Bertz CT molecular complexity index is 649. The highest BCUT2D eigenvalue weighted by molar-refractivity contribution is 6.31. The number of ketones is 1. The minimum atomic E-state index is -0.372. The standard InChI is InChI=1S/C17H16ClFO/c1-11-3-4-13(7-12(11)2)8-16(20)10-14-9-15(19)5-6-17(14)18/h3-7,9H,8,10H2,1-2H3. The molecule has 3 heteroatoms. The smallest absolute Gasteiger partial charge is 0.141 e. The van der Waals surface area contributed by atoms with Crippen molar-refractivity contribution in [2.24, 2.45) is 0 Å². The highest BCUT2D eigenvalue weighted by Gasteiger charge is 2.10. The van der Waals surface area contributed by atoms with Crippen LogP contribution in [0.1, 0.15) is 22.3 Å². The van der Waals surface area contributed by atoms with Crippen molar-refractivity contribution in [2.75, 3.05) is 0 Å². The zero-order valence-electron chi connectivity index (χ0n) is 11.5. The molecule has 0 amide bonds. The molecule has 0 unspecified atom stereocenters. The van der Waals surface area contributed by atoms with Crippen LogP contribution in [0.5, 0.6) is 0 Å². The third kappa shape index (κ3) is 3.67. The summed E-state index contributed by atoms with van der Waals surface area (Å²) in [5.41, 5.74) is 3.89. The zero-order valence-corrected chi connectivity index (χ0v) is 12.3. The van der Waals surface area contributed by atoms with Crippen LogP contribution in [0.15, 0.2) is 36.4 Å². The van der Waals surface area contributed by atoms with E-state index in [9.17, 15) is 9.18 Å². The van der Waals surface area contributed by atoms with Gasteiger partial charge < -0.3 is 0 Å². The largest absolute Gasteiger partial charge is 0.299 e. The SMILES string of the molecule is Cc1ccc(CC(=O)Cc2cc(F)ccc2Cl)cc1C. The van der Waals surface area contributed by atoms with Crippen LogP contribution in [0.25, 0.3) is 0 Å². The summed E-state index contributed by atoms with van der Waals surface area (Å²) in [5, 5.41) is 0.430. The van der Waals surface area contributed by atoms with E-state index >= 15 is 0 Å². The third-order valence-corrected chi connectivity index (χ3v) is 3.74. The Morgan fingerprint density at radius 2 is 1.80 bits per heavy atom. The van der Waals surface area contributed by atoms with Crippen molar-refractivity contribution < 1.29 is 9.18 Å². The van der Waals surface area contributed by atoms with Crippen LogP contribution in [0, 0.1) is 19.7 Å². The molecule has 2 aromatic carbocycles. The Balaban J connectivity index is 2.09. The molecule has 0 aliphatic carbocycles. The quantitative estimate of drug-likeness (QED) is 0.813. The van der Waals surface area contributed by atoms with E-state index in [1.807, 2.05) is 32.0 Å². The van der Waals surface area contributed by atoms with E-state index in [0.717, 1.165) is 5.56 Å². The van der Waals surface area contributed by atoms with Crippen molar-refractivity contribution in [3.05, 3.63) is 69.5 Å². The maximum atomic E-state index is 13.2. The molecular formula is C17H16ClFO. The number of halogens is 2. The van der Waals surface area contributed by atoms with E-state index in [1.165, 1.54) is 29.3 Å². The first kappa shape index (κ1) is 14.7. The van der Waals surface area contributed by atoms with Crippen LogP contribution < -0.4 is 0 Å². The molecule has 0 aromatic heterocycles. The van der Waals surface area contributed by atoms with Gasteiger partial charge in [0.15, 0.2) is 0 Å². The Morgan fingerprint density at radius 3 is 2.50 bits per heavy atom. The number of carbonyl (C=O) groups excluding carboxylic acids is 1. The van der Waals surface area contributed by atoms with Gasteiger partial charge in [-0.15, -0.1) is 0 Å². The van der Waals surface area contributed by atoms with E-state index in [4.69, 9.17) is 11.6 Å². The van der Waals surface area contributed by atoms with Crippen molar-refractivity contribution in [2.45, 2.75) is 26.7 Å². The first-order chi connectivity index (χ1) is 9.45. The highest BCUT2D eigenvalue weighted by atomic mass is 35.5.